The number of anilines is 2. The van der Waals surface area contributed by atoms with Crippen LogP contribution in [-0.4, -0.2) is 22.6 Å². The molecule has 4 rings (SSSR count). The van der Waals surface area contributed by atoms with Gasteiger partial charge in [-0.1, -0.05) is 60.7 Å². The van der Waals surface area contributed by atoms with Crippen molar-refractivity contribution >= 4 is 33.6 Å². The average molecular weight is 472 g/mol. The second kappa shape index (κ2) is 10.3. The van der Waals surface area contributed by atoms with Gasteiger partial charge in [0.2, 0.25) is 0 Å². The highest BCUT2D eigenvalue weighted by atomic mass is 32.2. The Morgan fingerprint density at radius 1 is 0.676 bits per heavy atom. The smallest absolute Gasteiger partial charge is 0.268 e. The zero-order chi connectivity index (χ0) is 24.0. The molecule has 4 aromatic carbocycles. The summed E-state index contributed by atoms with van der Waals surface area (Å²) >= 11 is 0. The average Bonchev–Trinajstić information content (AvgIpc) is 2.88. The van der Waals surface area contributed by atoms with Crippen molar-refractivity contribution in [3.63, 3.8) is 0 Å². The summed E-state index contributed by atoms with van der Waals surface area (Å²) in [6.45, 7) is 0. The summed E-state index contributed by atoms with van der Waals surface area (Å²) in [5.41, 5.74) is 2.86. The van der Waals surface area contributed by atoms with E-state index in [-0.39, 0.29) is 4.90 Å². The van der Waals surface area contributed by atoms with Crippen molar-refractivity contribution in [2.45, 2.75) is 4.90 Å². The lowest BCUT2D eigenvalue weighted by atomic mass is 10.1. The van der Waals surface area contributed by atoms with Gasteiger partial charge in [-0.05, 0) is 60.2 Å². The van der Waals surface area contributed by atoms with Crippen LogP contribution >= 0.6 is 0 Å². The zero-order valence-electron chi connectivity index (χ0n) is 19.0. The minimum atomic E-state index is -3.84. The number of methoxy groups -OCH3 is 2. The second-order valence-corrected chi connectivity index (χ2v) is 9.24. The summed E-state index contributed by atoms with van der Waals surface area (Å²) in [5.74, 6) is 1.45. The summed E-state index contributed by atoms with van der Waals surface area (Å²) in [7, 11) is -0.609. The molecule has 172 valence electrons. The number of benzene rings is 4. The van der Waals surface area contributed by atoms with E-state index in [0.29, 0.717) is 11.4 Å². The van der Waals surface area contributed by atoms with Crippen LogP contribution in [0, 0.1) is 0 Å². The van der Waals surface area contributed by atoms with Crippen LogP contribution in [0.5, 0.6) is 11.5 Å². The first-order valence-corrected chi connectivity index (χ1v) is 12.1. The molecule has 5 nitrogen and oxygen atoms in total. The van der Waals surface area contributed by atoms with Crippen molar-refractivity contribution in [1.82, 2.24) is 0 Å². The Balaban J connectivity index is 1.66. The van der Waals surface area contributed by atoms with Crippen molar-refractivity contribution in [2.24, 2.45) is 0 Å². The van der Waals surface area contributed by atoms with E-state index < -0.39 is 10.0 Å². The molecule has 0 aromatic heterocycles. The summed E-state index contributed by atoms with van der Waals surface area (Å²) < 4.78 is 39.4. The van der Waals surface area contributed by atoms with Gasteiger partial charge in [0, 0.05) is 5.56 Å². The molecule has 4 aromatic rings. The molecule has 34 heavy (non-hydrogen) atoms. The van der Waals surface area contributed by atoms with Crippen molar-refractivity contribution in [3.8, 4) is 11.5 Å². The van der Waals surface area contributed by atoms with Gasteiger partial charge >= 0.3 is 0 Å². The maximum absolute atomic E-state index is 13.7. The molecule has 0 heterocycles. The Labute approximate surface area is 200 Å². The number of rotatable bonds is 8. The van der Waals surface area contributed by atoms with Gasteiger partial charge in [-0.25, -0.2) is 12.7 Å². The van der Waals surface area contributed by atoms with Crippen molar-refractivity contribution in [2.75, 3.05) is 18.5 Å². The van der Waals surface area contributed by atoms with Gasteiger partial charge in [0.15, 0.2) is 0 Å². The van der Waals surface area contributed by atoms with E-state index >= 15 is 0 Å². The Morgan fingerprint density at radius 2 is 1.26 bits per heavy atom. The number of ether oxygens (including phenoxy) is 2. The summed E-state index contributed by atoms with van der Waals surface area (Å²) in [6, 6.07) is 30.5. The molecule has 0 spiro atoms. The lowest BCUT2D eigenvalue weighted by Crippen LogP contribution is -2.26. The zero-order valence-corrected chi connectivity index (χ0v) is 19.8. The van der Waals surface area contributed by atoms with Gasteiger partial charge in [-0.2, -0.15) is 0 Å². The second-order valence-electron chi connectivity index (χ2n) is 7.45. The standard InChI is InChI=1S/C28H25NO4S/c1-32-26-17-20-28(33-2)23(21-26)16-13-22-14-18-27(19-15-22)34(30,31)29(24-9-5-3-6-10-24)25-11-7-4-8-12-25/h3-21H,1-2H3/b16-13+. The quantitative estimate of drug-likeness (QED) is 0.279. The summed E-state index contributed by atoms with van der Waals surface area (Å²) in [4.78, 5) is 0.205. The van der Waals surface area contributed by atoms with Crippen LogP contribution in [0.15, 0.2) is 108 Å². The predicted molar refractivity (Wildman–Crippen MR) is 137 cm³/mol. The van der Waals surface area contributed by atoms with Gasteiger partial charge in [-0.3, -0.25) is 0 Å². The van der Waals surface area contributed by atoms with Crippen LogP contribution in [0.25, 0.3) is 12.2 Å². The van der Waals surface area contributed by atoms with E-state index in [4.69, 9.17) is 9.47 Å². The molecule has 6 heteroatoms. The third-order valence-corrected chi connectivity index (χ3v) is 7.06. The molecule has 0 unspecified atom stereocenters. The van der Waals surface area contributed by atoms with E-state index in [2.05, 4.69) is 0 Å². The highest BCUT2D eigenvalue weighted by molar-refractivity contribution is 7.93. The fraction of sp³-hybridized carbons (Fsp3) is 0.0714. The van der Waals surface area contributed by atoms with Crippen LogP contribution in [0.3, 0.4) is 0 Å². The fourth-order valence-electron chi connectivity index (χ4n) is 3.57. The van der Waals surface area contributed by atoms with E-state index in [1.54, 1.807) is 62.8 Å². The third-order valence-electron chi connectivity index (χ3n) is 5.29. The first-order valence-electron chi connectivity index (χ1n) is 10.7. The Kier molecular flexibility index (Phi) is 6.99. The largest absolute Gasteiger partial charge is 0.497 e. The molecular weight excluding hydrogens is 446 g/mol. The monoisotopic (exact) mass is 471 g/mol. The van der Waals surface area contributed by atoms with Gasteiger partial charge in [0.1, 0.15) is 11.5 Å². The molecule has 0 atom stereocenters. The van der Waals surface area contributed by atoms with E-state index in [9.17, 15) is 8.42 Å². The fourth-order valence-corrected chi connectivity index (χ4v) is 5.05. The molecule has 0 fully saturated rings. The van der Waals surface area contributed by atoms with E-state index in [1.165, 1.54) is 4.31 Å². The molecule has 0 aliphatic heterocycles. The number of hydrogen-bond acceptors (Lipinski definition) is 4. The SMILES string of the molecule is COc1ccc(OC)c(/C=C/c2ccc(S(=O)(=O)N(c3ccccc3)c3ccccc3)cc2)c1. The molecule has 0 N–H and O–H groups in total. The van der Waals surface area contributed by atoms with E-state index in [0.717, 1.165) is 22.6 Å². The van der Waals surface area contributed by atoms with Crippen LogP contribution in [0.2, 0.25) is 0 Å². The van der Waals surface area contributed by atoms with Gasteiger partial charge in [0.05, 0.1) is 30.5 Å². The third kappa shape index (κ3) is 4.97. The molecule has 0 saturated heterocycles. The Bertz CT molecular complexity index is 1330. The lowest BCUT2D eigenvalue weighted by molar-refractivity contribution is 0.402. The molecule has 0 saturated carbocycles. The van der Waals surface area contributed by atoms with Gasteiger partial charge in [-0.15, -0.1) is 0 Å². The number of hydrogen-bond donors (Lipinski definition) is 0. The van der Waals surface area contributed by atoms with Crippen molar-refractivity contribution in [3.05, 3.63) is 114 Å². The lowest BCUT2D eigenvalue weighted by Gasteiger charge is -2.24. The number of nitrogens with zero attached hydrogens (tertiary/aromatic N) is 1. The molecule has 0 radical (unpaired) electrons. The summed E-state index contributed by atoms with van der Waals surface area (Å²) in [6.07, 6.45) is 3.81. The maximum Gasteiger partial charge on any atom is 0.268 e. The minimum absolute atomic E-state index is 0.205. The normalized spacial score (nSPS) is 11.4. The highest BCUT2D eigenvalue weighted by Crippen LogP contribution is 2.32. The van der Waals surface area contributed by atoms with Crippen LogP contribution in [-0.2, 0) is 10.0 Å². The van der Waals surface area contributed by atoms with Crippen molar-refractivity contribution in [1.29, 1.82) is 0 Å². The maximum atomic E-state index is 13.7. The van der Waals surface area contributed by atoms with Crippen LogP contribution < -0.4 is 13.8 Å². The van der Waals surface area contributed by atoms with Gasteiger partial charge < -0.3 is 9.47 Å². The van der Waals surface area contributed by atoms with Crippen molar-refractivity contribution < 1.29 is 17.9 Å². The number of para-hydroxylation sites is 2. The van der Waals surface area contributed by atoms with Gasteiger partial charge in [0.25, 0.3) is 10.0 Å². The van der Waals surface area contributed by atoms with Crippen LogP contribution in [0.1, 0.15) is 11.1 Å². The Morgan fingerprint density at radius 3 is 1.79 bits per heavy atom. The molecule has 0 aliphatic carbocycles. The predicted octanol–water partition coefficient (Wildman–Crippen LogP) is 6.40. The summed E-state index contributed by atoms with van der Waals surface area (Å²) in [5, 5.41) is 0. The highest BCUT2D eigenvalue weighted by Gasteiger charge is 2.26. The molecule has 0 bridgehead atoms. The number of sulfonamides is 1. The molecule has 0 aliphatic rings. The molecular formula is C28H25NO4S. The van der Waals surface area contributed by atoms with Crippen LogP contribution in [0.4, 0.5) is 11.4 Å². The topological polar surface area (TPSA) is 55.8 Å². The Hall–Kier alpha value is -4.03. The first kappa shape index (κ1) is 23.1. The van der Waals surface area contributed by atoms with E-state index in [1.807, 2.05) is 66.7 Å². The molecule has 0 amide bonds. The minimum Gasteiger partial charge on any atom is -0.497 e. The first-order chi connectivity index (χ1) is 16.5.